The van der Waals surface area contributed by atoms with Gasteiger partial charge in [-0.3, -0.25) is 29.0 Å². The van der Waals surface area contributed by atoms with Gasteiger partial charge in [-0.1, -0.05) is 35.4 Å². The minimum absolute atomic E-state index is 0.328. The van der Waals surface area contributed by atoms with E-state index in [4.69, 9.17) is 23.2 Å². The zero-order chi connectivity index (χ0) is 22.3. The SMILES string of the molecule is O=C1[C@@H]2C3C=CC([C@@H]2C(=O)N1c1ccc(Cl)cc1)[C@@H]1C(=O)N(c2ccc(Cl)cc2)C(=O)[C@@H]31. The van der Waals surface area contributed by atoms with Crippen LogP contribution in [0.3, 0.4) is 0 Å². The van der Waals surface area contributed by atoms with Crippen molar-refractivity contribution in [3.05, 3.63) is 70.7 Å². The molecule has 2 aromatic rings. The van der Waals surface area contributed by atoms with E-state index in [-0.39, 0.29) is 23.6 Å². The summed E-state index contributed by atoms with van der Waals surface area (Å²) in [6, 6.07) is 13.0. The molecule has 7 rings (SSSR count). The van der Waals surface area contributed by atoms with Gasteiger partial charge in [0.1, 0.15) is 0 Å². The van der Waals surface area contributed by atoms with E-state index in [0.717, 1.165) is 0 Å². The van der Waals surface area contributed by atoms with E-state index in [1.165, 1.54) is 9.80 Å². The summed E-state index contributed by atoms with van der Waals surface area (Å²) in [6.45, 7) is 0. The van der Waals surface area contributed by atoms with E-state index in [1.807, 2.05) is 12.2 Å². The zero-order valence-corrected chi connectivity index (χ0v) is 18.0. The Morgan fingerprint density at radius 1 is 0.500 bits per heavy atom. The number of rotatable bonds is 2. The topological polar surface area (TPSA) is 74.8 Å². The number of carbonyl (C=O) groups excluding carboxylic acids is 4. The smallest absolute Gasteiger partial charge is 0.238 e. The number of allylic oxidation sites excluding steroid dienone is 2. The van der Waals surface area contributed by atoms with Crippen molar-refractivity contribution in [1.82, 2.24) is 0 Å². The predicted molar refractivity (Wildman–Crippen MR) is 118 cm³/mol. The molecule has 2 heterocycles. The second kappa shape index (κ2) is 6.77. The van der Waals surface area contributed by atoms with Gasteiger partial charge in [0.15, 0.2) is 0 Å². The average Bonchev–Trinajstić information content (AvgIpc) is 3.23. The van der Waals surface area contributed by atoms with Gasteiger partial charge in [0.25, 0.3) is 0 Å². The van der Waals surface area contributed by atoms with Crippen LogP contribution in [0.15, 0.2) is 60.7 Å². The number of benzene rings is 2. The molecule has 0 spiro atoms. The van der Waals surface area contributed by atoms with Gasteiger partial charge >= 0.3 is 0 Å². The molecule has 32 heavy (non-hydrogen) atoms. The van der Waals surface area contributed by atoms with Gasteiger partial charge in [-0.2, -0.15) is 0 Å². The van der Waals surface area contributed by atoms with Crippen molar-refractivity contribution in [1.29, 1.82) is 0 Å². The molecule has 8 heteroatoms. The number of anilines is 2. The van der Waals surface area contributed by atoms with E-state index >= 15 is 0 Å². The van der Waals surface area contributed by atoms with E-state index in [0.29, 0.717) is 21.4 Å². The number of amides is 4. The lowest BCUT2D eigenvalue weighted by atomic mass is 9.54. The fourth-order valence-corrected chi connectivity index (χ4v) is 6.17. The van der Waals surface area contributed by atoms with Gasteiger partial charge in [-0.05, 0) is 48.5 Å². The van der Waals surface area contributed by atoms with Crippen molar-refractivity contribution in [2.45, 2.75) is 0 Å². The summed E-state index contributed by atoms with van der Waals surface area (Å²) in [7, 11) is 0. The van der Waals surface area contributed by atoms with Crippen molar-refractivity contribution in [3.63, 3.8) is 0 Å². The van der Waals surface area contributed by atoms with E-state index < -0.39 is 35.5 Å². The second-order valence-corrected chi connectivity index (χ2v) is 9.49. The lowest BCUT2D eigenvalue weighted by molar-refractivity contribution is -0.137. The molecule has 1 saturated carbocycles. The van der Waals surface area contributed by atoms with Gasteiger partial charge in [-0.25, -0.2) is 0 Å². The van der Waals surface area contributed by atoms with Crippen LogP contribution in [0.5, 0.6) is 0 Å². The molecule has 2 aliphatic heterocycles. The first-order chi connectivity index (χ1) is 15.4. The highest BCUT2D eigenvalue weighted by Gasteiger charge is 2.68. The van der Waals surface area contributed by atoms with Crippen LogP contribution in [0, 0.1) is 35.5 Å². The Morgan fingerprint density at radius 3 is 1.06 bits per heavy atom. The van der Waals surface area contributed by atoms with E-state index in [2.05, 4.69) is 0 Å². The highest BCUT2D eigenvalue weighted by Crippen LogP contribution is 2.58. The standard InChI is InChI=1S/C24H16Cl2N2O4/c25-11-1-5-13(6-2-11)27-21(29)17-15-9-10-16(18(17)22(27)30)20-19(15)23(31)28(24(20)32)14-7-3-12(26)4-8-14/h1-10,15-20H/t15?,16?,17-,18-,19-,20+/m0/s1. The minimum atomic E-state index is -0.656. The highest BCUT2D eigenvalue weighted by atomic mass is 35.5. The van der Waals surface area contributed by atoms with Crippen molar-refractivity contribution < 1.29 is 19.2 Å². The van der Waals surface area contributed by atoms with Gasteiger partial charge in [0.2, 0.25) is 23.6 Å². The Hall–Kier alpha value is -2.96. The van der Waals surface area contributed by atoms with Crippen molar-refractivity contribution in [2.24, 2.45) is 35.5 Å². The number of hydrogen-bond donors (Lipinski definition) is 0. The Morgan fingerprint density at radius 2 is 0.781 bits per heavy atom. The molecule has 0 N–H and O–H groups in total. The summed E-state index contributed by atoms with van der Waals surface area (Å²) in [5.41, 5.74) is 0.896. The summed E-state index contributed by atoms with van der Waals surface area (Å²) in [4.78, 5) is 56.0. The molecule has 3 fully saturated rings. The fraction of sp³-hybridized carbons (Fsp3) is 0.250. The van der Waals surface area contributed by atoms with Crippen LogP contribution in [0.1, 0.15) is 0 Å². The first-order valence-electron chi connectivity index (χ1n) is 10.3. The number of nitrogens with zero attached hydrogens (tertiary/aromatic N) is 2. The molecule has 6 atom stereocenters. The molecule has 2 saturated heterocycles. The maximum absolute atomic E-state index is 13.4. The molecule has 2 unspecified atom stereocenters. The van der Waals surface area contributed by atoms with Crippen molar-refractivity contribution >= 4 is 58.2 Å². The third kappa shape index (κ3) is 2.48. The van der Waals surface area contributed by atoms with Crippen LogP contribution in [0.4, 0.5) is 11.4 Å². The first kappa shape index (κ1) is 19.7. The number of hydrogen-bond acceptors (Lipinski definition) is 4. The van der Waals surface area contributed by atoms with Crippen LogP contribution in [-0.2, 0) is 19.2 Å². The van der Waals surface area contributed by atoms with Crippen LogP contribution in [-0.4, -0.2) is 23.6 Å². The largest absolute Gasteiger partial charge is 0.274 e. The number of imide groups is 2. The Labute approximate surface area is 193 Å². The third-order valence-electron chi connectivity index (χ3n) is 7.18. The first-order valence-corrected chi connectivity index (χ1v) is 11.1. The van der Waals surface area contributed by atoms with Crippen molar-refractivity contribution in [2.75, 3.05) is 9.80 Å². The lowest BCUT2D eigenvalue weighted by Gasteiger charge is -2.44. The third-order valence-corrected chi connectivity index (χ3v) is 7.68. The molecule has 0 radical (unpaired) electrons. The predicted octanol–water partition coefficient (Wildman–Crippen LogP) is 3.72. The summed E-state index contributed by atoms with van der Waals surface area (Å²) in [5.74, 6) is -4.94. The fourth-order valence-electron chi connectivity index (χ4n) is 5.92. The maximum atomic E-state index is 13.4. The minimum Gasteiger partial charge on any atom is -0.274 e. The normalized spacial score (nSPS) is 32.7. The van der Waals surface area contributed by atoms with Gasteiger partial charge < -0.3 is 0 Å². The van der Waals surface area contributed by atoms with Crippen molar-refractivity contribution in [3.8, 4) is 0 Å². The summed E-state index contributed by atoms with van der Waals surface area (Å²) in [6.07, 6.45) is 3.69. The van der Waals surface area contributed by atoms with Crippen LogP contribution < -0.4 is 9.80 Å². The maximum Gasteiger partial charge on any atom is 0.238 e. The lowest BCUT2D eigenvalue weighted by Crippen LogP contribution is -2.50. The highest BCUT2D eigenvalue weighted by molar-refractivity contribution is 6.31. The van der Waals surface area contributed by atoms with E-state index in [1.54, 1.807) is 48.5 Å². The molecule has 4 amide bonds. The summed E-state index contributed by atoms with van der Waals surface area (Å²) < 4.78 is 0. The number of carbonyl (C=O) groups is 4. The Bertz CT molecular complexity index is 1080. The molecule has 0 aromatic heterocycles. The van der Waals surface area contributed by atoms with Crippen LogP contribution >= 0.6 is 23.2 Å². The Kier molecular flexibility index (Phi) is 4.17. The number of halogens is 2. The second-order valence-electron chi connectivity index (χ2n) is 8.62. The molecule has 5 aliphatic rings. The quantitative estimate of drug-likeness (QED) is 0.499. The Balaban J connectivity index is 1.39. The molecule has 160 valence electrons. The monoisotopic (exact) mass is 466 g/mol. The van der Waals surface area contributed by atoms with E-state index in [9.17, 15) is 19.2 Å². The zero-order valence-electron chi connectivity index (χ0n) is 16.5. The molecule has 2 bridgehead atoms. The molecular weight excluding hydrogens is 451 g/mol. The van der Waals surface area contributed by atoms with Gasteiger partial charge in [0.05, 0.1) is 35.0 Å². The summed E-state index contributed by atoms with van der Waals surface area (Å²) in [5, 5.41) is 1.00. The van der Waals surface area contributed by atoms with Gasteiger partial charge in [0, 0.05) is 21.9 Å². The molecule has 3 aliphatic carbocycles. The summed E-state index contributed by atoms with van der Waals surface area (Å²) >= 11 is 11.9. The van der Waals surface area contributed by atoms with Crippen LogP contribution in [0.2, 0.25) is 10.0 Å². The molecule has 6 nitrogen and oxygen atoms in total. The van der Waals surface area contributed by atoms with Crippen LogP contribution in [0.25, 0.3) is 0 Å². The van der Waals surface area contributed by atoms with Gasteiger partial charge in [-0.15, -0.1) is 0 Å². The molecule has 2 aromatic carbocycles. The average molecular weight is 467 g/mol. The molecular formula is C24H16Cl2N2O4.